The third kappa shape index (κ3) is 38.1. The summed E-state index contributed by atoms with van der Waals surface area (Å²) in [5.41, 5.74) is 0. The van der Waals surface area contributed by atoms with E-state index in [0.717, 1.165) is 0 Å². The lowest BCUT2D eigenvalue weighted by atomic mass is 10.1. The van der Waals surface area contributed by atoms with Gasteiger partial charge in [-0.1, -0.05) is 58.3 Å². The molecule has 0 radical (unpaired) electrons. The molecule has 0 unspecified atom stereocenters. The van der Waals surface area contributed by atoms with Gasteiger partial charge in [-0.25, -0.2) is 8.42 Å². The number of hydrogen-bond donors (Lipinski definition) is 0. The second-order valence-electron chi connectivity index (χ2n) is 4.93. The van der Waals surface area contributed by atoms with Crippen LogP contribution >= 0.6 is 0 Å². The van der Waals surface area contributed by atoms with Gasteiger partial charge >= 0.3 is 0 Å². The maximum atomic E-state index is 9.08. The number of thiol groups is 1. The second-order valence-corrected chi connectivity index (χ2v) is 7.41. The topological polar surface area (TPSA) is 57.2 Å². The molecule has 0 heterocycles. The lowest BCUT2D eigenvalue weighted by Gasteiger charge is -2.00. The molecular weight excluding hydrogens is 280 g/mol. The van der Waals surface area contributed by atoms with Gasteiger partial charge in [-0.05, 0) is 24.6 Å². The number of hydrogen-bond acceptors (Lipinski definition) is 3. The molecule has 0 bridgehead atoms. The zero-order chi connectivity index (χ0) is 15.0. The molecule has 0 fully saturated rings. The Hall–Kier alpha value is 0.260. The van der Waals surface area contributed by atoms with E-state index in [1.807, 2.05) is 0 Å². The molecule has 0 atom stereocenters. The average molecular weight is 313 g/mol. The van der Waals surface area contributed by atoms with E-state index in [1.165, 1.54) is 70.0 Å². The van der Waals surface area contributed by atoms with Crippen LogP contribution in [0, 0.1) is 0 Å². The van der Waals surface area contributed by atoms with Crippen LogP contribution in [-0.4, -0.2) is 31.2 Å². The van der Waals surface area contributed by atoms with Crippen LogP contribution in [0.15, 0.2) is 0 Å². The molecule has 0 aliphatic carbocycles. The lowest BCUT2D eigenvalue weighted by molar-refractivity contribution is 0.470. The molecule has 3 nitrogen and oxygen atoms in total. The smallest absolute Gasteiger partial charge is 0.105 e. The van der Waals surface area contributed by atoms with Gasteiger partial charge in [0.25, 0.3) is 0 Å². The first-order chi connectivity index (χ1) is 8.91. The highest BCUT2D eigenvalue weighted by atomic mass is 32.2. The van der Waals surface area contributed by atoms with E-state index < -0.39 is 10.1 Å². The van der Waals surface area contributed by atoms with Gasteiger partial charge in [0.2, 0.25) is 0 Å². The van der Waals surface area contributed by atoms with Gasteiger partial charge in [-0.3, -0.25) is 0 Å². The maximum absolute atomic E-state index is 9.08. The van der Waals surface area contributed by atoms with Gasteiger partial charge in [0.1, 0.15) is 5.75 Å². The van der Waals surface area contributed by atoms with Crippen LogP contribution in [0.1, 0.15) is 71.1 Å². The molecular formula is C14H32O3S2. The Morgan fingerprint density at radius 3 is 1.47 bits per heavy atom. The first kappa shape index (κ1) is 21.6. The van der Waals surface area contributed by atoms with Gasteiger partial charge in [0, 0.05) is 6.26 Å². The van der Waals surface area contributed by atoms with Crippen LogP contribution in [0.4, 0.5) is 0 Å². The summed E-state index contributed by atoms with van der Waals surface area (Å²) in [5, 5.41) is 0. The Morgan fingerprint density at radius 2 is 1.16 bits per heavy atom. The summed E-state index contributed by atoms with van der Waals surface area (Å²) in [7, 11) is -3.92. The molecule has 0 spiro atoms. The summed E-state index contributed by atoms with van der Waals surface area (Å²) < 4.78 is 27.2. The quantitative estimate of drug-likeness (QED) is 0.254. The molecule has 118 valence electrons. The van der Waals surface area contributed by atoms with Crippen LogP contribution in [0.3, 0.4) is 0 Å². The minimum absolute atomic E-state index is 0.604. The van der Waals surface area contributed by atoms with Crippen molar-refractivity contribution < 1.29 is 13.0 Å². The van der Waals surface area contributed by atoms with E-state index in [2.05, 4.69) is 13.2 Å². The highest BCUT2D eigenvalue weighted by molar-refractivity contribution is 7.84. The van der Waals surface area contributed by atoms with Crippen molar-refractivity contribution in [2.24, 2.45) is 0 Å². The van der Waals surface area contributed by atoms with Gasteiger partial charge in [-0.2, -0.15) is 0 Å². The molecule has 0 aromatic rings. The minimum atomic E-state index is -3.92. The first-order valence-corrected chi connectivity index (χ1v) is 10.7. The predicted molar refractivity (Wildman–Crippen MR) is 87.0 cm³/mol. The van der Waals surface area contributed by atoms with E-state index in [9.17, 15) is 0 Å². The molecule has 0 saturated carbocycles. The van der Waals surface area contributed by atoms with E-state index >= 15 is 0 Å². The molecule has 0 aromatic carbocycles. The van der Waals surface area contributed by atoms with Crippen molar-refractivity contribution in [2.45, 2.75) is 71.1 Å². The highest BCUT2D eigenvalue weighted by Crippen LogP contribution is 2.10. The Kier molecular flexibility index (Phi) is 18.5. The standard InChI is InChI=1S/C13H28S.CH4O3S/c1-3-4-5-6-7-8-9-10-11-12-13-14-2;1-5(2,3)4/h3-13H2,1-2H3;1H3,(H,2,3,4). The van der Waals surface area contributed by atoms with Crippen molar-refractivity contribution in [1.29, 1.82) is 0 Å². The average Bonchev–Trinajstić information content (AvgIpc) is 2.29. The predicted octanol–water partition coefficient (Wildman–Crippen LogP) is 3.51. The number of unbranched alkanes of at least 4 members (excludes halogenated alkanes) is 9. The van der Waals surface area contributed by atoms with E-state index in [0.29, 0.717) is 6.26 Å². The zero-order valence-electron chi connectivity index (χ0n) is 12.9. The molecule has 0 saturated heterocycles. The Labute approximate surface area is 124 Å². The lowest BCUT2D eigenvalue weighted by Crippen LogP contribution is -1.88. The summed E-state index contributed by atoms with van der Waals surface area (Å²) in [6, 6.07) is 0. The van der Waals surface area contributed by atoms with Crippen LogP contribution in [0.5, 0.6) is 0 Å². The van der Waals surface area contributed by atoms with Crippen molar-refractivity contribution in [3.63, 3.8) is 0 Å². The Bertz CT molecular complexity index is 231. The third-order valence-electron chi connectivity index (χ3n) is 2.74. The van der Waals surface area contributed by atoms with Crippen LogP contribution in [-0.2, 0) is 21.9 Å². The fourth-order valence-electron chi connectivity index (χ4n) is 1.76. The summed E-state index contributed by atoms with van der Waals surface area (Å²) in [4.78, 5) is 0. The maximum Gasteiger partial charge on any atom is 0.105 e. The van der Waals surface area contributed by atoms with Crippen molar-refractivity contribution >= 4 is 21.9 Å². The molecule has 0 rings (SSSR count). The Morgan fingerprint density at radius 1 is 0.842 bits per heavy atom. The molecule has 0 aromatic heterocycles. The summed E-state index contributed by atoms with van der Waals surface area (Å²) in [6.45, 7) is 2.28. The van der Waals surface area contributed by atoms with E-state index in [4.69, 9.17) is 13.0 Å². The normalized spacial score (nSPS) is 10.9. The van der Waals surface area contributed by atoms with Crippen molar-refractivity contribution in [3.05, 3.63) is 0 Å². The molecule has 5 heteroatoms. The van der Waals surface area contributed by atoms with Crippen molar-refractivity contribution in [1.82, 2.24) is 0 Å². The van der Waals surface area contributed by atoms with Crippen molar-refractivity contribution in [2.75, 3.05) is 18.3 Å². The SMILES string of the molecule is CCCCCCCCCCCC[SH+]C.CS(=O)(=O)[O-]. The number of rotatable bonds is 11. The largest absolute Gasteiger partial charge is 0.748 e. The Balaban J connectivity index is 0. The van der Waals surface area contributed by atoms with Crippen molar-refractivity contribution in [3.8, 4) is 0 Å². The highest BCUT2D eigenvalue weighted by Gasteiger charge is 1.93. The molecule has 0 aliphatic rings. The molecule has 0 aliphatic heterocycles. The van der Waals surface area contributed by atoms with E-state index in [-0.39, 0.29) is 0 Å². The van der Waals surface area contributed by atoms with Gasteiger partial charge in [-0.15, -0.1) is 0 Å². The molecule has 0 N–H and O–H groups in total. The second kappa shape index (κ2) is 16.3. The van der Waals surface area contributed by atoms with Crippen LogP contribution in [0.25, 0.3) is 0 Å². The zero-order valence-corrected chi connectivity index (χ0v) is 14.6. The summed E-state index contributed by atoms with van der Waals surface area (Å²) >= 11 is 1.57. The van der Waals surface area contributed by atoms with E-state index in [1.54, 1.807) is 11.8 Å². The summed E-state index contributed by atoms with van der Waals surface area (Å²) in [5.74, 6) is 1.41. The first-order valence-electron chi connectivity index (χ1n) is 7.38. The third-order valence-corrected chi connectivity index (χ3v) is 3.50. The van der Waals surface area contributed by atoms with Gasteiger partial charge in [0.15, 0.2) is 0 Å². The van der Waals surface area contributed by atoms with Gasteiger partial charge in [0.05, 0.1) is 16.4 Å². The minimum Gasteiger partial charge on any atom is -0.748 e. The van der Waals surface area contributed by atoms with Crippen LogP contribution in [0.2, 0.25) is 0 Å². The van der Waals surface area contributed by atoms with Gasteiger partial charge < -0.3 is 4.55 Å². The molecule has 19 heavy (non-hydrogen) atoms. The summed E-state index contributed by atoms with van der Waals surface area (Å²) in [6.07, 6.45) is 17.4. The van der Waals surface area contributed by atoms with Crippen LogP contribution < -0.4 is 0 Å². The fourth-order valence-corrected chi connectivity index (χ4v) is 2.30. The molecule has 0 amide bonds. The fraction of sp³-hybridized carbons (Fsp3) is 1.00. The monoisotopic (exact) mass is 312 g/mol.